The Morgan fingerprint density at radius 2 is 1.65 bits per heavy atom. The van der Waals surface area contributed by atoms with Crippen molar-refractivity contribution in [2.45, 2.75) is 50.7 Å². The van der Waals surface area contributed by atoms with Crippen LogP contribution in [0.5, 0.6) is 5.75 Å². The van der Waals surface area contributed by atoms with Crippen LogP contribution in [0, 0.1) is 0 Å². The van der Waals surface area contributed by atoms with Crippen LogP contribution in [0.3, 0.4) is 0 Å². The van der Waals surface area contributed by atoms with Crippen LogP contribution in [-0.2, 0) is 19.0 Å². The maximum atomic E-state index is 13.5. The largest absolute Gasteiger partial charge is 0.493 e. The number of halogens is 6. The molecule has 9 heteroatoms. The molecule has 0 spiro atoms. The van der Waals surface area contributed by atoms with E-state index in [0.29, 0.717) is 47.7 Å². The standard InChI is InChI=1S/C22H26Cl2F3NO2.ClH/c1-2-21(28,14-29)10-9-16-6-8-20(17(12-16)22(25,26)27)30-11-3-4-15-5-7-18(23)19(24)13-15;/h5-8,12-13,29H,2-4,9-11,14,28H2,1H3;1H/t21-;/m0./s1. The number of benzene rings is 2. The molecule has 0 unspecified atom stereocenters. The number of aliphatic hydroxyl groups excluding tert-OH is 1. The second kappa shape index (κ2) is 12.2. The van der Waals surface area contributed by atoms with Gasteiger partial charge in [0, 0.05) is 5.54 Å². The summed E-state index contributed by atoms with van der Waals surface area (Å²) in [5, 5.41) is 10.3. The number of ether oxygens (including phenoxy) is 1. The van der Waals surface area contributed by atoms with Crippen LogP contribution in [0.1, 0.15) is 42.9 Å². The molecule has 174 valence electrons. The van der Waals surface area contributed by atoms with E-state index < -0.39 is 17.3 Å². The van der Waals surface area contributed by atoms with Gasteiger partial charge in [0.2, 0.25) is 0 Å². The smallest absolute Gasteiger partial charge is 0.419 e. The fourth-order valence-electron chi connectivity index (χ4n) is 2.99. The number of aliphatic hydroxyl groups is 1. The third kappa shape index (κ3) is 8.35. The molecular formula is C22H27Cl3F3NO2. The van der Waals surface area contributed by atoms with Gasteiger partial charge in [0.1, 0.15) is 5.75 Å². The van der Waals surface area contributed by atoms with Gasteiger partial charge in [-0.2, -0.15) is 13.2 Å². The van der Waals surface area contributed by atoms with E-state index in [9.17, 15) is 18.3 Å². The van der Waals surface area contributed by atoms with Crippen LogP contribution >= 0.6 is 35.6 Å². The summed E-state index contributed by atoms with van der Waals surface area (Å²) in [4.78, 5) is 0. The highest BCUT2D eigenvalue weighted by atomic mass is 35.5. The Balaban J connectivity index is 0.00000480. The van der Waals surface area contributed by atoms with Crippen LogP contribution in [-0.4, -0.2) is 23.9 Å². The summed E-state index contributed by atoms with van der Waals surface area (Å²) < 4.78 is 46.0. The molecule has 3 N–H and O–H groups in total. The highest BCUT2D eigenvalue weighted by molar-refractivity contribution is 6.42. The zero-order chi connectivity index (χ0) is 22.4. The third-order valence-corrected chi connectivity index (χ3v) is 5.87. The van der Waals surface area contributed by atoms with Gasteiger partial charge in [0.25, 0.3) is 0 Å². The van der Waals surface area contributed by atoms with Crippen molar-refractivity contribution in [3.63, 3.8) is 0 Å². The molecular weight excluding hydrogens is 474 g/mol. The topological polar surface area (TPSA) is 55.5 Å². The minimum Gasteiger partial charge on any atom is -0.493 e. The molecule has 0 heterocycles. The van der Waals surface area contributed by atoms with E-state index in [1.165, 1.54) is 6.07 Å². The van der Waals surface area contributed by atoms with Gasteiger partial charge < -0.3 is 15.6 Å². The van der Waals surface area contributed by atoms with Gasteiger partial charge in [0.15, 0.2) is 0 Å². The summed E-state index contributed by atoms with van der Waals surface area (Å²) in [6, 6.07) is 9.30. The van der Waals surface area contributed by atoms with E-state index in [2.05, 4.69) is 0 Å². The monoisotopic (exact) mass is 499 g/mol. The van der Waals surface area contributed by atoms with Gasteiger partial charge in [-0.3, -0.25) is 0 Å². The predicted octanol–water partition coefficient (Wildman–Crippen LogP) is 6.48. The lowest BCUT2D eigenvalue weighted by Crippen LogP contribution is -2.43. The van der Waals surface area contributed by atoms with Crippen molar-refractivity contribution < 1.29 is 23.0 Å². The zero-order valence-electron chi connectivity index (χ0n) is 17.1. The number of aryl methyl sites for hydroxylation is 2. The lowest BCUT2D eigenvalue weighted by atomic mass is 9.90. The molecule has 0 aliphatic heterocycles. The highest BCUT2D eigenvalue weighted by Gasteiger charge is 2.35. The molecule has 0 saturated carbocycles. The molecule has 0 bridgehead atoms. The molecule has 2 rings (SSSR count). The number of nitrogens with two attached hydrogens (primary N) is 1. The van der Waals surface area contributed by atoms with E-state index in [1.54, 1.807) is 18.2 Å². The molecule has 0 aromatic heterocycles. The summed E-state index contributed by atoms with van der Waals surface area (Å²) in [5.74, 6) is -0.197. The first-order valence-electron chi connectivity index (χ1n) is 9.74. The summed E-state index contributed by atoms with van der Waals surface area (Å²) in [6.07, 6.45) is -2.13. The first-order chi connectivity index (χ1) is 14.1. The maximum Gasteiger partial charge on any atom is 0.419 e. The molecule has 0 amide bonds. The Morgan fingerprint density at radius 1 is 1.00 bits per heavy atom. The molecule has 0 aliphatic rings. The van der Waals surface area contributed by atoms with Crippen LogP contribution < -0.4 is 10.5 Å². The quantitative estimate of drug-likeness (QED) is 0.367. The fourth-order valence-corrected chi connectivity index (χ4v) is 3.32. The number of rotatable bonds is 10. The van der Waals surface area contributed by atoms with Crippen molar-refractivity contribution in [3.05, 3.63) is 63.1 Å². The predicted molar refractivity (Wildman–Crippen MR) is 122 cm³/mol. The first kappa shape index (κ1) is 27.9. The SMILES string of the molecule is CC[C@@](N)(CO)CCc1ccc(OCCCc2ccc(Cl)c(Cl)c2)c(C(F)(F)F)c1.Cl. The summed E-state index contributed by atoms with van der Waals surface area (Å²) in [6.45, 7) is 1.76. The van der Waals surface area contributed by atoms with Crippen LogP contribution in [0.2, 0.25) is 10.0 Å². The van der Waals surface area contributed by atoms with Crippen LogP contribution in [0.25, 0.3) is 0 Å². The van der Waals surface area contributed by atoms with Crippen molar-refractivity contribution in [3.8, 4) is 5.75 Å². The van der Waals surface area contributed by atoms with Crippen LogP contribution in [0.15, 0.2) is 36.4 Å². The second-order valence-electron chi connectivity index (χ2n) is 7.40. The Morgan fingerprint density at radius 3 is 2.23 bits per heavy atom. The average molecular weight is 501 g/mol. The number of hydrogen-bond acceptors (Lipinski definition) is 3. The Labute approximate surface area is 197 Å². The number of hydrogen-bond donors (Lipinski definition) is 2. The third-order valence-electron chi connectivity index (χ3n) is 5.13. The molecule has 31 heavy (non-hydrogen) atoms. The van der Waals surface area contributed by atoms with E-state index in [-0.39, 0.29) is 31.4 Å². The van der Waals surface area contributed by atoms with Gasteiger partial charge in [-0.05, 0) is 67.5 Å². The lowest BCUT2D eigenvalue weighted by molar-refractivity contribution is -0.139. The van der Waals surface area contributed by atoms with Crippen molar-refractivity contribution >= 4 is 35.6 Å². The normalized spacial score (nSPS) is 13.4. The highest BCUT2D eigenvalue weighted by Crippen LogP contribution is 2.37. The Bertz CT molecular complexity index is 843. The van der Waals surface area contributed by atoms with Gasteiger partial charge in [-0.15, -0.1) is 12.4 Å². The summed E-state index contributed by atoms with van der Waals surface area (Å²) >= 11 is 11.8. The molecule has 0 fully saturated rings. The Hall–Kier alpha value is -1.18. The minimum absolute atomic E-state index is 0. The second-order valence-corrected chi connectivity index (χ2v) is 8.22. The summed E-state index contributed by atoms with van der Waals surface area (Å²) in [5.41, 5.74) is 5.87. The van der Waals surface area contributed by atoms with E-state index >= 15 is 0 Å². The van der Waals surface area contributed by atoms with Gasteiger partial charge >= 0.3 is 6.18 Å². The van der Waals surface area contributed by atoms with Gasteiger partial charge in [-0.25, -0.2) is 0 Å². The van der Waals surface area contributed by atoms with Crippen LogP contribution in [0.4, 0.5) is 13.2 Å². The maximum absolute atomic E-state index is 13.5. The molecule has 2 aromatic rings. The van der Waals surface area contributed by atoms with Crippen molar-refractivity contribution in [2.75, 3.05) is 13.2 Å². The van der Waals surface area contributed by atoms with Gasteiger partial charge in [0.05, 0.1) is 28.8 Å². The average Bonchev–Trinajstić information content (AvgIpc) is 2.71. The van der Waals surface area contributed by atoms with Gasteiger partial charge in [-0.1, -0.05) is 42.3 Å². The molecule has 2 aromatic carbocycles. The van der Waals surface area contributed by atoms with Crippen molar-refractivity contribution in [2.24, 2.45) is 5.73 Å². The van der Waals surface area contributed by atoms with E-state index in [1.807, 2.05) is 13.0 Å². The van der Waals surface area contributed by atoms with Crippen molar-refractivity contribution in [1.82, 2.24) is 0 Å². The summed E-state index contributed by atoms with van der Waals surface area (Å²) in [7, 11) is 0. The zero-order valence-corrected chi connectivity index (χ0v) is 19.5. The molecule has 0 radical (unpaired) electrons. The molecule has 0 aliphatic carbocycles. The lowest BCUT2D eigenvalue weighted by Gasteiger charge is -2.25. The van der Waals surface area contributed by atoms with E-state index in [0.717, 1.165) is 11.6 Å². The van der Waals surface area contributed by atoms with E-state index in [4.69, 9.17) is 33.7 Å². The fraction of sp³-hybridized carbons (Fsp3) is 0.455. The Kier molecular flexibility index (Phi) is 10.9. The number of alkyl halides is 3. The molecule has 1 atom stereocenters. The minimum atomic E-state index is -4.53. The van der Waals surface area contributed by atoms with Crippen molar-refractivity contribution in [1.29, 1.82) is 0 Å². The molecule has 0 saturated heterocycles. The molecule has 3 nitrogen and oxygen atoms in total. The first-order valence-corrected chi connectivity index (χ1v) is 10.5.